The number of hydrogen-bond donors (Lipinski definition) is 0. The first-order chi connectivity index (χ1) is 12.0. The van der Waals surface area contributed by atoms with E-state index < -0.39 is 11.6 Å². The smallest absolute Gasteiger partial charge is 0.133 e. The van der Waals surface area contributed by atoms with Crippen molar-refractivity contribution in [3.63, 3.8) is 0 Å². The van der Waals surface area contributed by atoms with E-state index in [1.54, 1.807) is 6.20 Å². The summed E-state index contributed by atoms with van der Waals surface area (Å²) >= 11 is 3.54. The average Bonchev–Trinajstić information content (AvgIpc) is 2.59. The van der Waals surface area contributed by atoms with Crippen molar-refractivity contribution in [1.82, 2.24) is 9.88 Å². The van der Waals surface area contributed by atoms with Crippen molar-refractivity contribution in [1.29, 1.82) is 0 Å². The van der Waals surface area contributed by atoms with E-state index >= 15 is 0 Å². The van der Waals surface area contributed by atoms with Crippen molar-refractivity contribution in [2.75, 3.05) is 6.54 Å². The Morgan fingerprint density at radius 3 is 2.84 bits per heavy atom. The van der Waals surface area contributed by atoms with Crippen LogP contribution in [0.5, 0.6) is 0 Å². The molecule has 3 nitrogen and oxygen atoms in total. The Labute approximate surface area is 153 Å². The molecule has 2 heterocycles. The molecule has 1 aliphatic heterocycles. The van der Waals surface area contributed by atoms with Gasteiger partial charge in [-0.3, -0.25) is 4.98 Å². The molecule has 0 bridgehead atoms. The van der Waals surface area contributed by atoms with Gasteiger partial charge in [0.1, 0.15) is 24.0 Å². The first-order valence-electron chi connectivity index (χ1n) is 7.80. The average molecular weight is 407 g/mol. The zero-order chi connectivity index (χ0) is 17.8. The highest BCUT2D eigenvalue weighted by molar-refractivity contribution is 9.11. The molecule has 130 valence electrons. The normalized spacial score (nSPS) is 14.6. The summed E-state index contributed by atoms with van der Waals surface area (Å²) in [6, 6.07) is 7.42. The van der Waals surface area contributed by atoms with Gasteiger partial charge in [-0.05, 0) is 52.7 Å². The standard InChI is InChI=1S/C19H17BrF2N2O/c1-13-7-19(25-12-15-4-5-16(21)8-18(15)22)17(20)11-24(13)10-14-3-2-6-23-9-14/h2-9H,10-12H2,1H3. The van der Waals surface area contributed by atoms with Gasteiger partial charge in [-0.2, -0.15) is 0 Å². The number of rotatable bonds is 5. The van der Waals surface area contributed by atoms with E-state index in [-0.39, 0.29) is 6.61 Å². The summed E-state index contributed by atoms with van der Waals surface area (Å²) in [6.45, 7) is 3.43. The third-order valence-corrected chi connectivity index (χ3v) is 4.57. The fraction of sp³-hybridized carbons (Fsp3) is 0.211. The van der Waals surface area contributed by atoms with E-state index in [1.165, 1.54) is 12.1 Å². The van der Waals surface area contributed by atoms with E-state index in [4.69, 9.17) is 4.74 Å². The Morgan fingerprint density at radius 2 is 2.12 bits per heavy atom. The molecular formula is C19H17BrF2N2O. The molecule has 6 heteroatoms. The second kappa shape index (κ2) is 7.78. The fourth-order valence-electron chi connectivity index (χ4n) is 2.54. The quantitative estimate of drug-likeness (QED) is 0.705. The fourth-order valence-corrected chi connectivity index (χ4v) is 3.07. The molecule has 1 aliphatic rings. The highest BCUT2D eigenvalue weighted by Gasteiger charge is 2.18. The van der Waals surface area contributed by atoms with E-state index in [0.717, 1.165) is 28.4 Å². The number of pyridine rings is 1. The van der Waals surface area contributed by atoms with Crippen LogP contribution in [-0.2, 0) is 17.9 Å². The van der Waals surface area contributed by atoms with E-state index in [2.05, 4.69) is 25.8 Å². The van der Waals surface area contributed by atoms with Crippen molar-refractivity contribution in [3.8, 4) is 0 Å². The van der Waals surface area contributed by atoms with E-state index in [1.807, 2.05) is 31.3 Å². The van der Waals surface area contributed by atoms with Gasteiger partial charge in [-0.25, -0.2) is 8.78 Å². The molecule has 0 amide bonds. The van der Waals surface area contributed by atoms with Crippen LogP contribution in [0.15, 0.2) is 64.7 Å². The summed E-state index contributed by atoms with van der Waals surface area (Å²) in [4.78, 5) is 6.32. The van der Waals surface area contributed by atoms with Crippen LogP contribution in [-0.4, -0.2) is 16.4 Å². The first-order valence-corrected chi connectivity index (χ1v) is 8.60. The molecule has 0 fully saturated rings. The lowest BCUT2D eigenvalue weighted by atomic mass is 10.2. The first kappa shape index (κ1) is 17.6. The van der Waals surface area contributed by atoms with Crippen LogP contribution >= 0.6 is 15.9 Å². The molecule has 0 radical (unpaired) electrons. The summed E-state index contributed by atoms with van der Waals surface area (Å²) in [7, 11) is 0. The maximum absolute atomic E-state index is 13.7. The molecule has 25 heavy (non-hydrogen) atoms. The van der Waals surface area contributed by atoms with Crippen LogP contribution in [0.1, 0.15) is 18.1 Å². The van der Waals surface area contributed by atoms with E-state index in [9.17, 15) is 8.78 Å². The van der Waals surface area contributed by atoms with Gasteiger partial charge in [0.25, 0.3) is 0 Å². The van der Waals surface area contributed by atoms with Crippen LogP contribution in [0.3, 0.4) is 0 Å². The number of halogens is 3. The molecule has 0 spiro atoms. The minimum atomic E-state index is -0.605. The Bertz CT molecular complexity index is 821. The molecule has 2 aromatic rings. The summed E-state index contributed by atoms with van der Waals surface area (Å²) in [6.07, 6.45) is 5.50. The Kier molecular flexibility index (Phi) is 5.48. The second-order valence-electron chi connectivity index (χ2n) is 5.80. The molecule has 0 atom stereocenters. The summed E-state index contributed by atoms with van der Waals surface area (Å²) < 4.78 is 33.3. The Hall–Kier alpha value is -2.21. The minimum absolute atomic E-state index is 0.0446. The van der Waals surface area contributed by atoms with Crippen LogP contribution in [0.2, 0.25) is 0 Å². The zero-order valence-electron chi connectivity index (χ0n) is 13.7. The maximum Gasteiger partial charge on any atom is 0.133 e. The monoisotopic (exact) mass is 406 g/mol. The highest BCUT2D eigenvalue weighted by atomic mass is 79.9. The molecular weight excluding hydrogens is 390 g/mol. The molecule has 3 rings (SSSR count). The summed E-state index contributed by atoms with van der Waals surface area (Å²) in [5, 5.41) is 0. The van der Waals surface area contributed by atoms with Gasteiger partial charge in [0.2, 0.25) is 0 Å². The maximum atomic E-state index is 13.7. The number of hydrogen-bond acceptors (Lipinski definition) is 3. The van der Waals surface area contributed by atoms with Crippen LogP contribution < -0.4 is 0 Å². The molecule has 0 saturated carbocycles. The minimum Gasteiger partial charge on any atom is -0.488 e. The highest BCUT2D eigenvalue weighted by Crippen LogP contribution is 2.27. The van der Waals surface area contributed by atoms with Gasteiger partial charge in [-0.15, -0.1) is 0 Å². The lowest BCUT2D eigenvalue weighted by Gasteiger charge is -2.30. The largest absolute Gasteiger partial charge is 0.488 e. The van der Waals surface area contributed by atoms with Crippen molar-refractivity contribution >= 4 is 15.9 Å². The van der Waals surface area contributed by atoms with Crippen molar-refractivity contribution < 1.29 is 13.5 Å². The van der Waals surface area contributed by atoms with E-state index in [0.29, 0.717) is 17.9 Å². The third kappa shape index (κ3) is 4.45. The topological polar surface area (TPSA) is 25.4 Å². The van der Waals surface area contributed by atoms with Crippen molar-refractivity contribution in [3.05, 3.63) is 87.5 Å². The number of benzene rings is 1. The molecule has 0 saturated heterocycles. The van der Waals surface area contributed by atoms with Crippen LogP contribution in [0.25, 0.3) is 0 Å². The number of allylic oxidation sites excluding steroid dienone is 2. The van der Waals surface area contributed by atoms with Gasteiger partial charge in [-0.1, -0.05) is 6.07 Å². The van der Waals surface area contributed by atoms with Gasteiger partial charge < -0.3 is 9.64 Å². The van der Waals surface area contributed by atoms with Crippen LogP contribution in [0, 0.1) is 11.6 Å². The van der Waals surface area contributed by atoms with Gasteiger partial charge in [0, 0.05) is 36.3 Å². The predicted molar refractivity (Wildman–Crippen MR) is 95.5 cm³/mol. The number of nitrogens with zero attached hydrogens (tertiary/aromatic N) is 2. The predicted octanol–water partition coefficient (Wildman–Crippen LogP) is 4.90. The SMILES string of the molecule is CC1=CC(OCc2ccc(F)cc2F)=C(Br)CN1Cc1cccnc1. The number of aromatic nitrogens is 1. The second-order valence-corrected chi connectivity index (χ2v) is 6.75. The Balaban J connectivity index is 1.66. The molecule has 0 N–H and O–H groups in total. The molecule has 0 aliphatic carbocycles. The summed E-state index contributed by atoms with van der Waals surface area (Å²) in [5.41, 5.74) is 2.48. The molecule has 1 aromatic heterocycles. The van der Waals surface area contributed by atoms with Gasteiger partial charge >= 0.3 is 0 Å². The van der Waals surface area contributed by atoms with Crippen molar-refractivity contribution in [2.24, 2.45) is 0 Å². The lowest BCUT2D eigenvalue weighted by Crippen LogP contribution is -2.26. The van der Waals surface area contributed by atoms with Gasteiger partial charge in [0.15, 0.2) is 0 Å². The van der Waals surface area contributed by atoms with Crippen LogP contribution in [0.4, 0.5) is 8.78 Å². The van der Waals surface area contributed by atoms with Gasteiger partial charge in [0.05, 0.1) is 11.0 Å². The summed E-state index contributed by atoms with van der Waals surface area (Å²) in [5.74, 6) is -0.545. The number of ether oxygens (including phenoxy) is 1. The molecule has 1 aromatic carbocycles. The lowest BCUT2D eigenvalue weighted by molar-refractivity contribution is 0.197. The molecule has 0 unspecified atom stereocenters. The van der Waals surface area contributed by atoms with Crippen molar-refractivity contribution in [2.45, 2.75) is 20.1 Å². The zero-order valence-corrected chi connectivity index (χ0v) is 15.3. The Morgan fingerprint density at radius 1 is 1.28 bits per heavy atom. The third-order valence-electron chi connectivity index (χ3n) is 3.93.